The number of benzene rings is 1. The minimum atomic E-state index is -0.182. The Hall–Kier alpha value is -1.55. The SMILES string of the molecule is CC1Nc2ccccc2CC1C(=O)NCC1(C)CCCO1. The van der Waals surface area contributed by atoms with Crippen molar-refractivity contribution in [1.82, 2.24) is 5.32 Å². The maximum absolute atomic E-state index is 12.5. The Bertz CT molecular complexity index is 523. The molecule has 1 aromatic rings. The Morgan fingerprint density at radius 1 is 1.48 bits per heavy atom. The Kier molecular flexibility index (Phi) is 3.89. The lowest BCUT2D eigenvalue weighted by molar-refractivity contribution is -0.126. The van der Waals surface area contributed by atoms with Crippen LogP contribution in [0.15, 0.2) is 24.3 Å². The number of hydrogen-bond donors (Lipinski definition) is 2. The molecule has 1 aromatic carbocycles. The number of hydrogen-bond acceptors (Lipinski definition) is 3. The van der Waals surface area contributed by atoms with Crippen LogP contribution in [0.25, 0.3) is 0 Å². The Morgan fingerprint density at radius 2 is 2.29 bits per heavy atom. The molecule has 2 aliphatic rings. The van der Waals surface area contributed by atoms with Crippen LogP contribution >= 0.6 is 0 Å². The molecule has 3 rings (SSSR count). The van der Waals surface area contributed by atoms with Crippen LogP contribution in [0, 0.1) is 5.92 Å². The highest BCUT2D eigenvalue weighted by Crippen LogP contribution is 2.29. The van der Waals surface area contributed by atoms with Crippen LogP contribution in [-0.2, 0) is 16.0 Å². The summed E-state index contributed by atoms with van der Waals surface area (Å²) in [5, 5.41) is 6.53. The van der Waals surface area contributed by atoms with Crippen LogP contribution in [0.4, 0.5) is 5.69 Å². The van der Waals surface area contributed by atoms with Gasteiger partial charge in [-0.05, 0) is 44.7 Å². The van der Waals surface area contributed by atoms with Crippen molar-refractivity contribution in [2.75, 3.05) is 18.5 Å². The molecule has 21 heavy (non-hydrogen) atoms. The number of nitrogens with one attached hydrogen (secondary N) is 2. The van der Waals surface area contributed by atoms with Gasteiger partial charge in [0.05, 0.1) is 11.5 Å². The Morgan fingerprint density at radius 3 is 3.05 bits per heavy atom. The van der Waals surface area contributed by atoms with E-state index >= 15 is 0 Å². The fourth-order valence-corrected chi connectivity index (χ4v) is 3.30. The third kappa shape index (κ3) is 3.05. The van der Waals surface area contributed by atoms with Crippen LogP contribution in [0.5, 0.6) is 0 Å². The van der Waals surface area contributed by atoms with Gasteiger partial charge in [-0.15, -0.1) is 0 Å². The van der Waals surface area contributed by atoms with E-state index in [4.69, 9.17) is 4.74 Å². The summed E-state index contributed by atoms with van der Waals surface area (Å²) in [5.74, 6) is 0.103. The molecule has 3 atom stereocenters. The van der Waals surface area contributed by atoms with E-state index in [0.717, 1.165) is 31.6 Å². The summed E-state index contributed by atoms with van der Waals surface area (Å²) in [6.07, 6.45) is 2.91. The van der Waals surface area contributed by atoms with E-state index in [9.17, 15) is 4.79 Å². The van der Waals surface area contributed by atoms with Crippen LogP contribution in [0.1, 0.15) is 32.3 Å². The summed E-state index contributed by atoms with van der Waals surface area (Å²) in [6.45, 7) is 5.57. The van der Waals surface area contributed by atoms with Gasteiger partial charge in [0.2, 0.25) is 5.91 Å². The summed E-state index contributed by atoms with van der Waals surface area (Å²) < 4.78 is 5.73. The molecule has 2 heterocycles. The van der Waals surface area contributed by atoms with Crippen LogP contribution < -0.4 is 10.6 Å². The third-order valence-corrected chi connectivity index (χ3v) is 4.72. The molecule has 114 valence electrons. The first-order chi connectivity index (χ1) is 10.1. The van der Waals surface area contributed by atoms with Gasteiger partial charge in [-0.2, -0.15) is 0 Å². The van der Waals surface area contributed by atoms with Crippen LogP contribution in [0.3, 0.4) is 0 Å². The molecule has 1 fully saturated rings. The number of anilines is 1. The van der Waals surface area contributed by atoms with Crippen molar-refractivity contribution in [3.05, 3.63) is 29.8 Å². The molecule has 0 saturated carbocycles. The van der Waals surface area contributed by atoms with Crippen molar-refractivity contribution in [2.45, 2.75) is 44.8 Å². The molecule has 3 unspecified atom stereocenters. The molecule has 0 radical (unpaired) electrons. The van der Waals surface area contributed by atoms with Crippen molar-refractivity contribution in [3.8, 4) is 0 Å². The van der Waals surface area contributed by atoms with Gasteiger partial charge < -0.3 is 15.4 Å². The topological polar surface area (TPSA) is 50.4 Å². The lowest BCUT2D eigenvalue weighted by Gasteiger charge is -2.32. The van der Waals surface area contributed by atoms with E-state index in [1.807, 2.05) is 12.1 Å². The molecule has 0 spiro atoms. The molecule has 2 N–H and O–H groups in total. The molecule has 0 bridgehead atoms. The lowest BCUT2D eigenvalue weighted by Crippen LogP contribution is -2.47. The number of carbonyl (C=O) groups is 1. The Balaban J connectivity index is 1.62. The molecule has 4 heteroatoms. The van der Waals surface area contributed by atoms with Crippen molar-refractivity contribution in [3.63, 3.8) is 0 Å². The average molecular weight is 288 g/mol. The van der Waals surface area contributed by atoms with E-state index in [0.29, 0.717) is 6.54 Å². The second kappa shape index (κ2) is 5.68. The smallest absolute Gasteiger partial charge is 0.225 e. The normalized spacial score (nSPS) is 31.3. The van der Waals surface area contributed by atoms with Crippen molar-refractivity contribution in [1.29, 1.82) is 0 Å². The minimum Gasteiger partial charge on any atom is -0.382 e. The number of carbonyl (C=O) groups excluding carboxylic acids is 1. The highest BCUT2D eigenvalue weighted by Gasteiger charge is 2.34. The van der Waals surface area contributed by atoms with Gasteiger partial charge in [-0.25, -0.2) is 0 Å². The highest BCUT2D eigenvalue weighted by molar-refractivity contribution is 5.81. The van der Waals surface area contributed by atoms with Crippen LogP contribution in [-0.4, -0.2) is 30.7 Å². The highest BCUT2D eigenvalue weighted by atomic mass is 16.5. The summed E-state index contributed by atoms with van der Waals surface area (Å²) in [6, 6.07) is 8.37. The molecule has 0 aromatic heterocycles. The van der Waals surface area contributed by atoms with E-state index in [-0.39, 0.29) is 23.5 Å². The molecule has 0 aliphatic carbocycles. The predicted molar refractivity (Wildman–Crippen MR) is 83.3 cm³/mol. The molecule has 1 amide bonds. The second-order valence-corrected chi connectivity index (χ2v) is 6.52. The monoisotopic (exact) mass is 288 g/mol. The van der Waals surface area contributed by atoms with Gasteiger partial charge in [0.25, 0.3) is 0 Å². The minimum absolute atomic E-state index is 0.0232. The van der Waals surface area contributed by atoms with Crippen molar-refractivity contribution >= 4 is 11.6 Å². The number of amides is 1. The molecule has 4 nitrogen and oxygen atoms in total. The van der Waals surface area contributed by atoms with E-state index in [2.05, 4.69) is 36.6 Å². The average Bonchev–Trinajstić information content (AvgIpc) is 2.91. The van der Waals surface area contributed by atoms with Gasteiger partial charge in [-0.3, -0.25) is 4.79 Å². The predicted octanol–water partition coefficient (Wildman–Crippen LogP) is 2.34. The first kappa shape index (κ1) is 14.4. The Labute approximate surface area is 126 Å². The lowest BCUT2D eigenvalue weighted by atomic mass is 9.87. The number of ether oxygens (including phenoxy) is 1. The first-order valence-electron chi connectivity index (χ1n) is 7.83. The van der Waals surface area contributed by atoms with Gasteiger partial charge in [0.1, 0.15) is 0 Å². The molecular formula is C17H24N2O2. The van der Waals surface area contributed by atoms with Gasteiger partial charge >= 0.3 is 0 Å². The number of para-hydroxylation sites is 1. The maximum Gasteiger partial charge on any atom is 0.225 e. The number of rotatable bonds is 3. The largest absolute Gasteiger partial charge is 0.382 e. The van der Waals surface area contributed by atoms with E-state index in [1.165, 1.54) is 5.56 Å². The van der Waals surface area contributed by atoms with Crippen LogP contribution in [0.2, 0.25) is 0 Å². The van der Waals surface area contributed by atoms with Gasteiger partial charge in [-0.1, -0.05) is 18.2 Å². The zero-order valence-electron chi connectivity index (χ0n) is 12.8. The fourth-order valence-electron chi connectivity index (χ4n) is 3.30. The van der Waals surface area contributed by atoms with Gasteiger partial charge in [0, 0.05) is 24.9 Å². The second-order valence-electron chi connectivity index (χ2n) is 6.52. The fraction of sp³-hybridized carbons (Fsp3) is 0.588. The number of fused-ring (bicyclic) bond motifs is 1. The quantitative estimate of drug-likeness (QED) is 0.897. The standard InChI is InChI=1S/C17H24N2O2/c1-12-14(10-13-6-3-4-7-15(13)19-12)16(20)18-11-17(2)8-5-9-21-17/h3-4,6-7,12,14,19H,5,8-11H2,1-2H3,(H,18,20). The summed E-state index contributed by atoms with van der Waals surface area (Å²) in [5.41, 5.74) is 2.19. The molecule has 1 saturated heterocycles. The van der Waals surface area contributed by atoms with Crippen molar-refractivity contribution < 1.29 is 9.53 Å². The summed E-state index contributed by atoms with van der Waals surface area (Å²) >= 11 is 0. The maximum atomic E-state index is 12.5. The van der Waals surface area contributed by atoms with Crippen molar-refractivity contribution in [2.24, 2.45) is 5.92 Å². The summed E-state index contributed by atoms with van der Waals surface area (Å²) in [4.78, 5) is 12.5. The zero-order chi connectivity index (χ0) is 14.9. The van der Waals surface area contributed by atoms with E-state index in [1.54, 1.807) is 0 Å². The molecular weight excluding hydrogens is 264 g/mol. The zero-order valence-corrected chi connectivity index (χ0v) is 12.8. The van der Waals surface area contributed by atoms with Gasteiger partial charge in [0.15, 0.2) is 0 Å². The van der Waals surface area contributed by atoms with E-state index < -0.39 is 0 Å². The third-order valence-electron chi connectivity index (χ3n) is 4.72. The molecule has 2 aliphatic heterocycles. The first-order valence-corrected chi connectivity index (χ1v) is 7.83. The summed E-state index contributed by atoms with van der Waals surface area (Å²) in [7, 11) is 0.